The highest BCUT2D eigenvalue weighted by Gasteiger charge is 2.50. The molecule has 1 amide bonds. The van der Waals surface area contributed by atoms with Crippen LogP contribution in [0.4, 0.5) is 8.78 Å². The molecule has 8 heteroatoms. The lowest BCUT2D eigenvalue weighted by atomic mass is 9.66. The second kappa shape index (κ2) is 8.78. The molecular weight excluding hydrogens is 462 g/mol. The number of fused-ring (bicyclic) bond motifs is 2. The van der Waals surface area contributed by atoms with Crippen LogP contribution in [0.2, 0.25) is 0 Å². The fourth-order valence-corrected chi connectivity index (χ4v) is 6.09. The molecule has 4 aromatic rings. The van der Waals surface area contributed by atoms with Crippen molar-refractivity contribution in [2.75, 3.05) is 6.54 Å². The number of rotatable bonds is 3. The molecule has 1 saturated heterocycles. The number of imidazole rings is 1. The van der Waals surface area contributed by atoms with Crippen LogP contribution in [0.3, 0.4) is 0 Å². The van der Waals surface area contributed by atoms with E-state index in [2.05, 4.69) is 9.97 Å². The lowest BCUT2D eigenvalue weighted by molar-refractivity contribution is -0.110. The van der Waals surface area contributed by atoms with Gasteiger partial charge in [-0.15, -0.1) is 0 Å². The van der Waals surface area contributed by atoms with Crippen LogP contribution in [-0.4, -0.2) is 42.9 Å². The lowest BCUT2D eigenvalue weighted by Gasteiger charge is -2.52. The van der Waals surface area contributed by atoms with Crippen molar-refractivity contribution in [1.29, 1.82) is 0 Å². The van der Waals surface area contributed by atoms with E-state index in [1.54, 1.807) is 22.9 Å². The molecule has 0 spiro atoms. The minimum absolute atomic E-state index is 0.0827. The van der Waals surface area contributed by atoms with Crippen molar-refractivity contribution in [3.8, 4) is 11.3 Å². The van der Waals surface area contributed by atoms with Gasteiger partial charge in [0.25, 0.3) is 5.91 Å². The fourth-order valence-electron chi connectivity index (χ4n) is 6.09. The molecule has 2 aromatic heterocycles. The first-order valence-corrected chi connectivity index (χ1v) is 12.3. The number of likely N-dealkylation sites (tertiary alicyclic amines) is 1. The van der Waals surface area contributed by atoms with Gasteiger partial charge >= 0.3 is 0 Å². The van der Waals surface area contributed by atoms with Crippen molar-refractivity contribution in [3.05, 3.63) is 90.0 Å². The molecule has 1 saturated carbocycles. The summed E-state index contributed by atoms with van der Waals surface area (Å²) in [6, 6.07) is 14.5. The van der Waals surface area contributed by atoms with Gasteiger partial charge in [-0.2, -0.15) is 0 Å². The minimum Gasteiger partial charge on any atom is -0.385 e. The van der Waals surface area contributed by atoms with Crippen LogP contribution >= 0.6 is 0 Å². The molecule has 6 nitrogen and oxygen atoms in total. The number of nitrogens with zero attached hydrogens (tertiary/aromatic N) is 4. The van der Waals surface area contributed by atoms with Crippen LogP contribution in [0.5, 0.6) is 0 Å². The maximum Gasteiger partial charge on any atom is 0.290 e. The van der Waals surface area contributed by atoms with Gasteiger partial charge in [0.2, 0.25) is 5.82 Å². The predicted octanol–water partition coefficient (Wildman–Crippen LogP) is 4.97. The zero-order valence-electron chi connectivity index (χ0n) is 19.6. The third-order valence-corrected chi connectivity index (χ3v) is 7.79. The Labute approximate surface area is 207 Å². The van der Waals surface area contributed by atoms with Crippen LogP contribution in [0.15, 0.2) is 67.0 Å². The lowest BCUT2D eigenvalue weighted by Crippen LogP contribution is -2.59. The van der Waals surface area contributed by atoms with Crippen molar-refractivity contribution in [2.45, 2.75) is 43.7 Å². The van der Waals surface area contributed by atoms with Crippen LogP contribution in [0, 0.1) is 17.6 Å². The third-order valence-electron chi connectivity index (χ3n) is 7.79. The maximum atomic E-state index is 14.7. The summed E-state index contributed by atoms with van der Waals surface area (Å²) in [5.41, 5.74) is 0.485. The largest absolute Gasteiger partial charge is 0.385 e. The Hall–Kier alpha value is -3.65. The molecule has 1 aliphatic carbocycles. The second-order valence-electron chi connectivity index (χ2n) is 9.72. The van der Waals surface area contributed by atoms with Gasteiger partial charge < -0.3 is 10.0 Å². The van der Waals surface area contributed by atoms with Crippen LogP contribution in [0.1, 0.15) is 48.3 Å². The van der Waals surface area contributed by atoms with Crippen LogP contribution in [0.25, 0.3) is 16.9 Å². The standard InChI is InChI=1S/C28H26F2N4O2/c29-19-11-12-20(22(30)17-19)24-25-31-14-6-15-34(25)26(32-24)27(35)33-16-13-28(36,18-7-2-1-3-8-18)21-9-4-5-10-23(21)33/h1-3,6-8,11-12,14-15,17,21,23,36H,4-5,9-10,13,16H2/t21-,23?,28-/m1/s1. The molecule has 0 bridgehead atoms. The van der Waals surface area contributed by atoms with Gasteiger partial charge in [0.15, 0.2) is 5.65 Å². The van der Waals surface area contributed by atoms with E-state index in [1.165, 1.54) is 6.07 Å². The Morgan fingerprint density at radius 3 is 2.67 bits per heavy atom. The summed E-state index contributed by atoms with van der Waals surface area (Å²) >= 11 is 0. The Morgan fingerprint density at radius 1 is 1.06 bits per heavy atom. The first-order chi connectivity index (χ1) is 17.5. The van der Waals surface area contributed by atoms with Gasteiger partial charge in [0, 0.05) is 42.5 Å². The zero-order chi connectivity index (χ0) is 24.9. The molecule has 2 fully saturated rings. The summed E-state index contributed by atoms with van der Waals surface area (Å²) in [5, 5.41) is 11.8. The predicted molar refractivity (Wildman–Crippen MR) is 130 cm³/mol. The zero-order valence-corrected chi connectivity index (χ0v) is 19.6. The van der Waals surface area contributed by atoms with E-state index in [0.29, 0.717) is 18.6 Å². The number of carbonyl (C=O) groups excluding carboxylic acids is 1. The molecule has 36 heavy (non-hydrogen) atoms. The van der Waals surface area contributed by atoms with Gasteiger partial charge in [0.1, 0.15) is 17.3 Å². The molecule has 2 aliphatic rings. The van der Waals surface area contributed by atoms with E-state index >= 15 is 0 Å². The molecule has 0 radical (unpaired) electrons. The Bertz CT molecular complexity index is 1440. The third kappa shape index (κ3) is 3.59. The number of benzene rings is 2. The van der Waals surface area contributed by atoms with Crippen molar-refractivity contribution in [3.63, 3.8) is 0 Å². The number of piperidine rings is 1. The van der Waals surface area contributed by atoms with E-state index in [0.717, 1.165) is 43.4 Å². The summed E-state index contributed by atoms with van der Waals surface area (Å²) in [6.45, 7) is 0.376. The number of halogens is 2. The van der Waals surface area contributed by atoms with Gasteiger partial charge in [-0.3, -0.25) is 9.20 Å². The number of hydrogen-bond donors (Lipinski definition) is 1. The summed E-state index contributed by atoms with van der Waals surface area (Å²) in [6.07, 6.45) is 7.26. The number of aromatic nitrogens is 3. The Morgan fingerprint density at radius 2 is 1.86 bits per heavy atom. The topological polar surface area (TPSA) is 70.7 Å². The molecule has 2 aromatic carbocycles. The highest BCUT2D eigenvalue weighted by molar-refractivity contribution is 5.94. The molecule has 1 N–H and O–H groups in total. The molecule has 1 aliphatic heterocycles. The molecular formula is C28H26F2N4O2. The molecule has 1 unspecified atom stereocenters. The van der Waals surface area contributed by atoms with Crippen LogP contribution < -0.4 is 0 Å². The summed E-state index contributed by atoms with van der Waals surface area (Å²) in [5.74, 6) is -1.70. The van der Waals surface area contributed by atoms with E-state index in [-0.39, 0.29) is 34.9 Å². The fraction of sp³-hybridized carbons (Fsp3) is 0.321. The van der Waals surface area contributed by atoms with E-state index in [1.807, 2.05) is 35.2 Å². The van der Waals surface area contributed by atoms with Crippen molar-refractivity contribution < 1.29 is 18.7 Å². The Balaban J connectivity index is 1.40. The van der Waals surface area contributed by atoms with Gasteiger partial charge in [0.05, 0.1) is 5.60 Å². The monoisotopic (exact) mass is 488 g/mol. The van der Waals surface area contributed by atoms with E-state index in [4.69, 9.17) is 0 Å². The average molecular weight is 489 g/mol. The van der Waals surface area contributed by atoms with E-state index < -0.39 is 17.2 Å². The summed E-state index contributed by atoms with van der Waals surface area (Å²) < 4.78 is 29.8. The Kier molecular flexibility index (Phi) is 5.56. The number of aliphatic hydroxyl groups is 1. The summed E-state index contributed by atoms with van der Waals surface area (Å²) in [4.78, 5) is 24.7. The van der Waals surface area contributed by atoms with Crippen molar-refractivity contribution in [1.82, 2.24) is 19.3 Å². The normalized spacial score (nSPS) is 24.0. The molecule has 184 valence electrons. The maximum absolute atomic E-state index is 14.7. The van der Waals surface area contributed by atoms with Crippen LogP contribution in [-0.2, 0) is 5.60 Å². The highest BCUT2D eigenvalue weighted by atomic mass is 19.1. The van der Waals surface area contributed by atoms with Gasteiger partial charge in [-0.25, -0.2) is 18.7 Å². The molecule has 6 rings (SSSR count). The first-order valence-electron chi connectivity index (χ1n) is 12.3. The van der Waals surface area contributed by atoms with Crippen molar-refractivity contribution in [2.24, 2.45) is 5.92 Å². The highest BCUT2D eigenvalue weighted by Crippen LogP contribution is 2.47. The number of carbonyl (C=O) groups is 1. The van der Waals surface area contributed by atoms with Crippen molar-refractivity contribution >= 4 is 11.6 Å². The quantitative estimate of drug-likeness (QED) is 0.442. The van der Waals surface area contributed by atoms with Gasteiger partial charge in [-0.1, -0.05) is 43.2 Å². The average Bonchev–Trinajstić information content (AvgIpc) is 3.29. The summed E-state index contributed by atoms with van der Waals surface area (Å²) in [7, 11) is 0. The van der Waals surface area contributed by atoms with E-state index in [9.17, 15) is 18.7 Å². The minimum atomic E-state index is -0.998. The second-order valence-corrected chi connectivity index (χ2v) is 9.72. The number of amides is 1. The molecule has 3 heterocycles. The number of hydrogen-bond acceptors (Lipinski definition) is 4. The van der Waals surface area contributed by atoms with Gasteiger partial charge in [-0.05, 0) is 43.0 Å². The molecule has 3 atom stereocenters. The smallest absolute Gasteiger partial charge is 0.290 e. The SMILES string of the molecule is O=C(c1nc(-c2ccc(F)cc2F)c2ncccn12)N1CC[C@@](O)(c2ccccc2)[C@@H]2CCCCC21. The first kappa shape index (κ1) is 22.8.